The van der Waals surface area contributed by atoms with Crippen LogP contribution in [-0.4, -0.2) is 79.2 Å². The molecule has 7 N–H and O–H groups in total. The number of β-lactam (4-membered cyclic amide) rings is 1. The van der Waals surface area contributed by atoms with Crippen molar-refractivity contribution in [3.05, 3.63) is 33.2 Å². The van der Waals surface area contributed by atoms with Gasteiger partial charge in [0.15, 0.2) is 10.8 Å². The first-order valence-corrected chi connectivity index (χ1v) is 11.9. The lowest BCUT2D eigenvalue weighted by atomic mass is 10.0. The number of hydrogen-bond donors (Lipinski definition) is 5. The van der Waals surface area contributed by atoms with Gasteiger partial charge in [0.1, 0.15) is 22.8 Å². The summed E-state index contributed by atoms with van der Waals surface area (Å²) in [6, 6.07) is -1.08. The Kier molecular flexibility index (Phi) is 7.79. The van der Waals surface area contributed by atoms with Crippen LogP contribution in [0.5, 0.6) is 0 Å². The molecule has 14 nitrogen and oxygen atoms in total. The van der Waals surface area contributed by atoms with Crippen LogP contribution in [0.1, 0.15) is 5.69 Å². The summed E-state index contributed by atoms with van der Waals surface area (Å²) in [5, 5.41) is 26.4. The number of carboxylic acids is 2. The van der Waals surface area contributed by atoms with Crippen molar-refractivity contribution < 1.29 is 39.0 Å². The molecule has 2 aliphatic heterocycles. The van der Waals surface area contributed by atoms with Crippen LogP contribution in [0.3, 0.4) is 0 Å². The highest BCUT2D eigenvalue weighted by Gasteiger charge is 2.54. The Balaban J connectivity index is 1.78. The Hall–Kier alpha value is -3.57. The largest absolute Gasteiger partial charge is 0.479 e. The Morgan fingerprint density at radius 2 is 2.12 bits per heavy atom. The minimum Gasteiger partial charge on any atom is -0.479 e. The Morgan fingerprint density at radius 3 is 2.71 bits per heavy atom. The summed E-state index contributed by atoms with van der Waals surface area (Å²) in [7, 11) is 0. The highest BCUT2D eigenvalue weighted by atomic mass is 32.2. The highest BCUT2D eigenvalue weighted by Crippen LogP contribution is 2.43. The molecule has 0 aliphatic carbocycles. The van der Waals surface area contributed by atoms with Crippen LogP contribution < -0.4 is 16.8 Å². The molecule has 3 heterocycles. The van der Waals surface area contributed by atoms with Crippen molar-refractivity contribution in [1.29, 1.82) is 0 Å². The molecule has 0 unspecified atom stereocenters. The number of anilines is 1. The first kappa shape index (κ1) is 25.1. The van der Waals surface area contributed by atoms with Crippen LogP contribution in [0, 0.1) is 0 Å². The van der Waals surface area contributed by atoms with Crippen molar-refractivity contribution in [2.75, 3.05) is 18.1 Å². The van der Waals surface area contributed by atoms with Crippen molar-refractivity contribution >= 4 is 75.4 Å². The quantitative estimate of drug-likeness (QED) is 0.106. The standard InChI is InChI=1S/C17H16N6O8S3/c18-8(24)1-2-32-7-5-33-15-11(14(28)23(15)12(7)16(29)30)21-13(27)10(22-31-3-9(25)26)6-4-34-17(19)20-6/h1-2,4,11,15H,3,5H2,(H2,18,24)(H2,19,20)(H,21,27)(H,25,26)(H,29,30)/b2-1-,22-10-/t11-,15-/m1/s1. The second-order valence-electron chi connectivity index (χ2n) is 6.44. The van der Waals surface area contributed by atoms with Gasteiger partial charge in [-0.2, -0.15) is 0 Å². The summed E-state index contributed by atoms with van der Waals surface area (Å²) in [5.74, 6) is -4.75. The van der Waals surface area contributed by atoms with Gasteiger partial charge >= 0.3 is 11.9 Å². The second kappa shape index (κ2) is 10.6. The van der Waals surface area contributed by atoms with Crippen molar-refractivity contribution in [2.45, 2.75) is 11.4 Å². The molecule has 1 saturated heterocycles. The molecule has 0 saturated carbocycles. The third kappa shape index (κ3) is 5.49. The van der Waals surface area contributed by atoms with E-state index in [9.17, 15) is 29.1 Å². The van der Waals surface area contributed by atoms with Crippen LogP contribution in [0.15, 0.2) is 32.6 Å². The van der Waals surface area contributed by atoms with Crippen LogP contribution in [0.2, 0.25) is 0 Å². The molecule has 180 valence electrons. The van der Waals surface area contributed by atoms with E-state index in [0.29, 0.717) is 4.91 Å². The molecule has 0 bridgehead atoms. The molecule has 34 heavy (non-hydrogen) atoms. The third-order valence-corrected chi connectivity index (χ3v) is 7.22. The number of nitrogens with one attached hydrogen (secondary N) is 1. The van der Waals surface area contributed by atoms with E-state index < -0.39 is 53.4 Å². The van der Waals surface area contributed by atoms with Crippen LogP contribution in [-0.2, 0) is 28.8 Å². The minimum atomic E-state index is -1.35. The first-order valence-electron chi connectivity index (χ1n) is 9.08. The minimum absolute atomic E-state index is 0.0105. The molecule has 1 aromatic rings. The number of nitrogens with two attached hydrogens (primary N) is 2. The van der Waals surface area contributed by atoms with Crippen LogP contribution >= 0.6 is 34.9 Å². The van der Waals surface area contributed by atoms with Gasteiger partial charge in [0.2, 0.25) is 12.5 Å². The predicted molar refractivity (Wildman–Crippen MR) is 122 cm³/mol. The molecule has 0 radical (unpaired) electrons. The van der Waals surface area contributed by atoms with E-state index in [2.05, 4.69) is 20.3 Å². The van der Waals surface area contributed by atoms with Gasteiger partial charge in [0, 0.05) is 22.1 Å². The zero-order valence-electron chi connectivity index (χ0n) is 16.9. The molecule has 17 heteroatoms. The van der Waals surface area contributed by atoms with Crippen molar-refractivity contribution in [3.8, 4) is 0 Å². The zero-order valence-corrected chi connectivity index (χ0v) is 19.3. The monoisotopic (exact) mass is 528 g/mol. The Morgan fingerprint density at radius 1 is 1.38 bits per heavy atom. The lowest BCUT2D eigenvalue weighted by Gasteiger charge is -2.49. The summed E-state index contributed by atoms with van der Waals surface area (Å²) in [6.07, 6.45) is 1.06. The van der Waals surface area contributed by atoms with Gasteiger partial charge in [0.05, 0.1) is 0 Å². The van der Waals surface area contributed by atoms with Crippen molar-refractivity contribution in [3.63, 3.8) is 0 Å². The van der Waals surface area contributed by atoms with Gasteiger partial charge in [-0.1, -0.05) is 16.9 Å². The number of amides is 3. The van der Waals surface area contributed by atoms with Gasteiger partial charge in [0.25, 0.3) is 11.8 Å². The number of fused-ring (bicyclic) bond motifs is 1. The normalized spacial score (nSPS) is 20.1. The number of carboxylic acid groups (broad SMARTS) is 2. The number of hydrogen-bond acceptors (Lipinski definition) is 12. The van der Waals surface area contributed by atoms with Gasteiger partial charge in [-0.05, 0) is 5.41 Å². The fourth-order valence-corrected chi connectivity index (χ4v) is 5.71. The average Bonchev–Trinajstić information content (AvgIpc) is 3.19. The molecule has 0 spiro atoms. The van der Waals surface area contributed by atoms with E-state index in [4.69, 9.17) is 16.6 Å². The predicted octanol–water partition coefficient (Wildman–Crippen LogP) is -1.04. The van der Waals surface area contributed by atoms with E-state index in [0.717, 1.165) is 34.1 Å². The second-order valence-corrected chi connectivity index (χ2v) is 9.43. The molecular weight excluding hydrogens is 512 g/mol. The number of aliphatic carboxylic acids is 2. The summed E-state index contributed by atoms with van der Waals surface area (Å²) in [4.78, 5) is 68.9. The van der Waals surface area contributed by atoms with E-state index in [1.807, 2.05) is 0 Å². The fraction of sp³-hybridized carbons (Fsp3) is 0.235. The molecule has 2 atom stereocenters. The maximum atomic E-state index is 12.8. The van der Waals surface area contributed by atoms with E-state index >= 15 is 0 Å². The summed E-state index contributed by atoms with van der Waals surface area (Å²) < 4.78 is 0. The molecular formula is C17H16N6O8S3. The number of oxime groups is 1. The van der Waals surface area contributed by atoms with Crippen LogP contribution in [0.4, 0.5) is 5.13 Å². The number of carbonyl (C=O) groups is 5. The molecule has 1 fully saturated rings. The highest BCUT2D eigenvalue weighted by molar-refractivity contribution is 8.08. The SMILES string of the molecule is NC(=O)/C=C\SC1=C(C(=O)O)N2C(=O)[C@@H](NC(=O)/C(=N\OCC(=O)O)c3csc(N)n3)[C@H]2SC1. The first-order chi connectivity index (χ1) is 16.1. The van der Waals surface area contributed by atoms with Gasteiger partial charge in [-0.25, -0.2) is 14.6 Å². The number of nitrogen functional groups attached to an aromatic ring is 1. The number of nitrogens with zero attached hydrogens (tertiary/aromatic N) is 3. The maximum Gasteiger partial charge on any atom is 0.353 e. The number of carbonyl (C=O) groups excluding carboxylic acids is 3. The van der Waals surface area contributed by atoms with Crippen molar-refractivity contribution in [1.82, 2.24) is 15.2 Å². The van der Waals surface area contributed by atoms with E-state index in [1.165, 1.54) is 22.5 Å². The summed E-state index contributed by atoms with van der Waals surface area (Å²) in [5.41, 5.74) is 9.95. The Labute approximate surface area is 203 Å². The van der Waals surface area contributed by atoms with Crippen LogP contribution in [0.25, 0.3) is 0 Å². The smallest absolute Gasteiger partial charge is 0.353 e. The number of aromatic nitrogens is 1. The topological polar surface area (TPSA) is 228 Å². The third-order valence-electron chi connectivity index (χ3n) is 4.19. The molecule has 0 aromatic carbocycles. The van der Waals surface area contributed by atoms with Gasteiger partial charge < -0.3 is 31.8 Å². The number of primary amides is 1. The van der Waals surface area contributed by atoms with Crippen molar-refractivity contribution in [2.24, 2.45) is 10.9 Å². The van der Waals surface area contributed by atoms with E-state index in [-0.39, 0.29) is 22.3 Å². The molecule has 1 aromatic heterocycles. The Bertz CT molecular complexity index is 1150. The summed E-state index contributed by atoms with van der Waals surface area (Å²) in [6.45, 7) is -0.817. The van der Waals surface area contributed by atoms with E-state index in [1.54, 1.807) is 0 Å². The summed E-state index contributed by atoms with van der Waals surface area (Å²) >= 11 is 3.16. The molecule has 3 rings (SSSR count). The van der Waals surface area contributed by atoms with Gasteiger partial charge in [-0.15, -0.1) is 23.1 Å². The molecule has 2 aliphatic rings. The lowest BCUT2D eigenvalue weighted by molar-refractivity contribution is -0.150. The maximum absolute atomic E-state index is 12.8. The zero-order chi connectivity index (χ0) is 25.0. The van der Waals surface area contributed by atoms with Gasteiger partial charge in [-0.3, -0.25) is 19.3 Å². The lowest BCUT2D eigenvalue weighted by Crippen LogP contribution is -2.71. The fourth-order valence-electron chi connectivity index (χ4n) is 2.83. The number of thiazole rings is 1. The number of thioether (sulfide) groups is 2. The molecule has 3 amide bonds. The average molecular weight is 529 g/mol. The number of rotatable bonds is 10.